The first-order valence-corrected chi connectivity index (χ1v) is 9.44. The number of hydrogen-bond donors (Lipinski definition) is 2. The van der Waals surface area contributed by atoms with Gasteiger partial charge in [0.1, 0.15) is 0 Å². The summed E-state index contributed by atoms with van der Waals surface area (Å²) in [7, 11) is 0. The van der Waals surface area contributed by atoms with Crippen LogP contribution in [-0.2, 0) is 16.0 Å². The van der Waals surface area contributed by atoms with Crippen molar-refractivity contribution in [1.29, 1.82) is 0 Å². The van der Waals surface area contributed by atoms with Crippen LogP contribution in [0.4, 0.5) is 0 Å². The highest BCUT2D eigenvalue weighted by Crippen LogP contribution is 2.32. The lowest BCUT2D eigenvalue weighted by Crippen LogP contribution is -2.58. The monoisotopic (exact) mass is 354 g/mol. The normalized spacial score (nSPS) is 21.8. The second-order valence-corrected chi connectivity index (χ2v) is 7.61. The predicted molar refractivity (Wildman–Crippen MR) is 100 cm³/mol. The number of carbonyl (C=O) groups excluding carboxylic acids is 2. The van der Waals surface area contributed by atoms with Gasteiger partial charge in [0.25, 0.3) is 0 Å². The summed E-state index contributed by atoms with van der Waals surface area (Å²) < 4.78 is 0. The van der Waals surface area contributed by atoms with Gasteiger partial charge in [-0.3, -0.25) is 9.59 Å². The van der Waals surface area contributed by atoms with Crippen LogP contribution in [0.5, 0.6) is 0 Å². The maximum atomic E-state index is 12.8. The molecule has 3 N–H and O–H groups in total. The zero-order valence-electron chi connectivity index (χ0n) is 15.1. The van der Waals surface area contributed by atoms with Gasteiger partial charge in [-0.2, -0.15) is 0 Å². The molecule has 6 heteroatoms. The fourth-order valence-electron chi connectivity index (χ4n) is 3.91. The van der Waals surface area contributed by atoms with Crippen molar-refractivity contribution in [2.75, 3.05) is 19.6 Å². The number of aromatic nitrogens is 1. The molecule has 4 rings (SSSR count). The van der Waals surface area contributed by atoms with Crippen molar-refractivity contribution in [1.82, 2.24) is 14.8 Å². The molecule has 2 aromatic rings. The number of para-hydroxylation sites is 1. The molecular weight excluding hydrogens is 328 g/mol. The first-order chi connectivity index (χ1) is 12.5. The standard InChI is InChI=1S/C20H26N4O2/c1-13-12-23(8-9-24(13)19(25)14-6-7-14)20(26)17(21)10-15-11-22-18-5-3-2-4-16(15)18/h2-5,11,13-14,17,22H,6-10,12,21H2,1H3. The summed E-state index contributed by atoms with van der Waals surface area (Å²) in [5.41, 5.74) is 8.37. The summed E-state index contributed by atoms with van der Waals surface area (Å²) in [4.78, 5) is 32.1. The Kier molecular flexibility index (Phi) is 4.44. The molecule has 26 heavy (non-hydrogen) atoms. The molecule has 2 fully saturated rings. The number of aromatic amines is 1. The fourth-order valence-corrected chi connectivity index (χ4v) is 3.91. The van der Waals surface area contributed by atoms with Gasteiger partial charge in [-0.25, -0.2) is 0 Å². The molecule has 138 valence electrons. The molecule has 1 saturated heterocycles. The third-order valence-corrected chi connectivity index (χ3v) is 5.58. The third-order valence-electron chi connectivity index (χ3n) is 5.58. The van der Waals surface area contributed by atoms with E-state index in [1.165, 1.54) is 0 Å². The van der Waals surface area contributed by atoms with E-state index in [9.17, 15) is 9.59 Å². The number of amides is 2. The van der Waals surface area contributed by atoms with Gasteiger partial charge in [-0.1, -0.05) is 18.2 Å². The van der Waals surface area contributed by atoms with E-state index in [0.717, 1.165) is 29.3 Å². The van der Waals surface area contributed by atoms with Gasteiger partial charge in [-0.05, 0) is 37.8 Å². The first kappa shape index (κ1) is 17.1. The van der Waals surface area contributed by atoms with E-state index in [1.54, 1.807) is 0 Å². The van der Waals surface area contributed by atoms with Crippen LogP contribution < -0.4 is 5.73 Å². The second-order valence-electron chi connectivity index (χ2n) is 7.61. The molecule has 0 bridgehead atoms. The Morgan fingerprint density at radius 1 is 1.27 bits per heavy atom. The van der Waals surface area contributed by atoms with E-state index in [1.807, 2.05) is 47.2 Å². The van der Waals surface area contributed by atoms with Gasteiger partial charge in [0.15, 0.2) is 0 Å². The van der Waals surface area contributed by atoms with E-state index in [-0.39, 0.29) is 23.8 Å². The summed E-state index contributed by atoms with van der Waals surface area (Å²) in [6.07, 6.45) is 4.48. The Morgan fingerprint density at radius 3 is 2.77 bits per heavy atom. The molecule has 2 unspecified atom stereocenters. The van der Waals surface area contributed by atoms with Crippen molar-refractivity contribution >= 4 is 22.7 Å². The minimum Gasteiger partial charge on any atom is -0.361 e. The van der Waals surface area contributed by atoms with Crippen LogP contribution in [-0.4, -0.2) is 58.3 Å². The van der Waals surface area contributed by atoms with Crippen molar-refractivity contribution < 1.29 is 9.59 Å². The molecule has 1 saturated carbocycles. The molecule has 2 amide bonds. The Hall–Kier alpha value is -2.34. The van der Waals surface area contributed by atoms with Crippen LogP contribution in [0, 0.1) is 5.92 Å². The summed E-state index contributed by atoms with van der Waals surface area (Å²) in [6, 6.07) is 7.53. The van der Waals surface area contributed by atoms with Crippen molar-refractivity contribution in [2.24, 2.45) is 11.7 Å². The number of carbonyl (C=O) groups is 2. The lowest BCUT2D eigenvalue weighted by molar-refractivity contribution is -0.143. The summed E-state index contributed by atoms with van der Waals surface area (Å²) in [5, 5.41) is 1.11. The molecule has 1 aliphatic heterocycles. The van der Waals surface area contributed by atoms with Crippen molar-refractivity contribution in [3.05, 3.63) is 36.0 Å². The van der Waals surface area contributed by atoms with Crippen LogP contribution in [0.2, 0.25) is 0 Å². The van der Waals surface area contributed by atoms with Gasteiger partial charge in [-0.15, -0.1) is 0 Å². The molecule has 2 aliphatic rings. The third kappa shape index (κ3) is 3.21. The quantitative estimate of drug-likeness (QED) is 0.873. The number of nitrogens with zero attached hydrogens (tertiary/aromatic N) is 2. The number of H-pyrrole nitrogens is 1. The van der Waals surface area contributed by atoms with Crippen molar-refractivity contribution in [2.45, 2.75) is 38.3 Å². The largest absolute Gasteiger partial charge is 0.361 e. The van der Waals surface area contributed by atoms with Crippen LogP contribution in [0.1, 0.15) is 25.3 Å². The van der Waals surface area contributed by atoms with E-state index in [2.05, 4.69) is 4.98 Å². The zero-order chi connectivity index (χ0) is 18.3. The number of nitrogens with one attached hydrogen (secondary N) is 1. The van der Waals surface area contributed by atoms with Crippen molar-refractivity contribution in [3.63, 3.8) is 0 Å². The van der Waals surface area contributed by atoms with E-state index < -0.39 is 6.04 Å². The van der Waals surface area contributed by atoms with Gasteiger partial charge in [0, 0.05) is 48.7 Å². The zero-order valence-corrected chi connectivity index (χ0v) is 15.1. The summed E-state index contributed by atoms with van der Waals surface area (Å²) in [6.45, 7) is 3.77. The molecule has 1 aliphatic carbocycles. The Morgan fingerprint density at radius 2 is 2.04 bits per heavy atom. The molecule has 1 aromatic heterocycles. The van der Waals surface area contributed by atoms with E-state index in [4.69, 9.17) is 5.73 Å². The van der Waals surface area contributed by atoms with Gasteiger partial charge in [0.05, 0.1) is 6.04 Å². The SMILES string of the molecule is CC1CN(C(=O)C(N)Cc2c[nH]c3ccccc23)CCN1C(=O)C1CC1. The highest BCUT2D eigenvalue weighted by atomic mass is 16.2. The van der Waals surface area contributed by atoms with E-state index >= 15 is 0 Å². The Labute approximate surface area is 153 Å². The highest BCUT2D eigenvalue weighted by Gasteiger charge is 2.38. The number of fused-ring (bicyclic) bond motifs is 1. The second kappa shape index (κ2) is 6.76. The summed E-state index contributed by atoms with van der Waals surface area (Å²) in [5.74, 6) is 0.456. The number of hydrogen-bond acceptors (Lipinski definition) is 3. The molecule has 2 heterocycles. The average molecular weight is 354 g/mol. The van der Waals surface area contributed by atoms with Crippen LogP contribution >= 0.6 is 0 Å². The van der Waals surface area contributed by atoms with Crippen LogP contribution in [0.15, 0.2) is 30.5 Å². The summed E-state index contributed by atoms with van der Waals surface area (Å²) >= 11 is 0. The predicted octanol–water partition coefficient (Wildman–Crippen LogP) is 1.51. The highest BCUT2D eigenvalue weighted by molar-refractivity contribution is 5.86. The van der Waals surface area contributed by atoms with Crippen molar-refractivity contribution in [3.8, 4) is 0 Å². The molecule has 0 spiro atoms. The maximum absolute atomic E-state index is 12.8. The lowest BCUT2D eigenvalue weighted by Gasteiger charge is -2.40. The average Bonchev–Trinajstić information content (AvgIpc) is 3.43. The molecule has 2 atom stereocenters. The Bertz CT molecular complexity index is 826. The van der Waals surface area contributed by atoms with Gasteiger partial charge < -0.3 is 20.5 Å². The number of rotatable bonds is 4. The van der Waals surface area contributed by atoms with Gasteiger partial charge >= 0.3 is 0 Å². The number of piperazine rings is 1. The molecule has 1 aromatic carbocycles. The molecule has 6 nitrogen and oxygen atoms in total. The van der Waals surface area contributed by atoms with Gasteiger partial charge in [0.2, 0.25) is 11.8 Å². The van der Waals surface area contributed by atoms with Crippen LogP contribution in [0.3, 0.4) is 0 Å². The maximum Gasteiger partial charge on any atom is 0.239 e. The van der Waals surface area contributed by atoms with Crippen LogP contribution in [0.25, 0.3) is 10.9 Å². The van der Waals surface area contributed by atoms with E-state index in [0.29, 0.717) is 26.1 Å². The molecule has 0 radical (unpaired) electrons. The molecular formula is C20H26N4O2. The Balaban J connectivity index is 1.39. The minimum absolute atomic E-state index is 0.0272. The first-order valence-electron chi connectivity index (χ1n) is 9.44. The topological polar surface area (TPSA) is 82.4 Å². The number of nitrogens with two attached hydrogens (primary N) is 1. The lowest BCUT2D eigenvalue weighted by atomic mass is 10.0. The minimum atomic E-state index is -0.563. The number of benzene rings is 1. The fraction of sp³-hybridized carbons (Fsp3) is 0.500. The smallest absolute Gasteiger partial charge is 0.239 e.